The van der Waals surface area contributed by atoms with Crippen molar-refractivity contribution in [2.45, 2.75) is 24.8 Å². The lowest BCUT2D eigenvalue weighted by Crippen LogP contribution is -2.36. The second-order valence-corrected chi connectivity index (χ2v) is 6.62. The van der Waals surface area contributed by atoms with Crippen molar-refractivity contribution in [1.82, 2.24) is 4.90 Å². The minimum absolute atomic E-state index is 0.0726. The van der Waals surface area contributed by atoms with Crippen LogP contribution in [0.25, 0.3) is 0 Å². The Morgan fingerprint density at radius 1 is 1.04 bits per heavy atom. The average molecular weight is 318 g/mol. The Bertz CT molecular complexity index is 768. The number of carbonyl (C=O) groups excluding carboxylic acids is 1. The summed E-state index contributed by atoms with van der Waals surface area (Å²) in [4.78, 5) is 17.5. The van der Waals surface area contributed by atoms with Gasteiger partial charge in [-0.3, -0.25) is 14.6 Å². The van der Waals surface area contributed by atoms with Crippen molar-refractivity contribution in [3.8, 4) is 0 Å². The van der Waals surface area contributed by atoms with Gasteiger partial charge in [0.2, 0.25) is 5.91 Å². The minimum Gasteiger partial charge on any atom is -0.300 e. The van der Waals surface area contributed by atoms with Crippen LogP contribution < -0.4 is 4.90 Å². The van der Waals surface area contributed by atoms with Gasteiger partial charge in [-0.05, 0) is 43.7 Å². The first-order valence-corrected chi connectivity index (χ1v) is 8.60. The topological polar surface area (TPSA) is 23.6 Å². The lowest BCUT2D eigenvalue weighted by atomic mass is 9.91. The Morgan fingerprint density at radius 2 is 1.79 bits per heavy atom. The smallest absolute Gasteiger partial charge is 0.239 e. The molecule has 2 aliphatic rings. The molecule has 2 unspecified atom stereocenters. The Hall–Kier alpha value is -2.39. The van der Waals surface area contributed by atoms with Crippen molar-refractivity contribution in [3.05, 3.63) is 72.3 Å². The van der Waals surface area contributed by atoms with Crippen LogP contribution in [0.5, 0.6) is 0 Å². The third kappa shape index (κ3) is 2.55. The number of para-hydroxylation sites is 2. The van der Waals surface area contributed by atoms with Gasteiger partial charge in [0.1, 0.15) is 0 Å². The number of amides is 1. The molecule has 2 atom stereocenters. The Morgan fingerprint density at radius 3 is 2.58 bits per heavy atom. The molecule has 2 aromatic carbocycles. The molecule has 4 rings (SSSR count). The van der Waals surface area contributed by atoms with Crippen LogP contribution in [0.1, 0.15) is 24.3 Å². The molecule has 0 radical (unpaired) electrons. The van der Waals surface area contributed by atoms with E-state index in [-0.39, 0.29) is 11.8 Å². The highest BCUT2D eigenvalue weighted by Crippen LogP contribution is 2.44. The van der Waals surface area contributed by atoms with Crippen LogP contribution in [0.15, 0.2) is 66.7 Å². The summed E-state index contributed by atoms with van der Waals surface area (Å²) in [6.07, 6.45) is 6.43. The molecular weight excluding hydrogens is 296 g/mol. The molecule has 0 aliphatic carbocycles. The first-order valence-electron chi connectivity index (χ1n) is 8.60. The van der Waals surface area contributed by atoms with Crippen LogP contribution in [0.2, 0.25) is 0 Å². The van der Waals surface area contributed by atoms with Gasteiger partial charge >= 0.3 is 0 Å². The zero-order valence-corrected chi connectivity index (χ0v) is 13.9. The van der Waals surface area contributed by atoms with Crippen LogP contribution in [-0.2, 0) is 4.79 Å². The first kappa shape index (κ1) is 15.2. The Kier molecular flexibility index (Phi) is 3.95. The van der Waals surface area contributed by atoms with Crippen molar-refractivity contribution in [3.63, 3.8) is 0 Å². The number of hydrogen-bond donors (Lipinski definition) is 0. The van der Waals surface area contributed by atoms with Gasteiger partial charge in [-0.25, -0.2) is 0 Å². The molecule has 3 nitrogen and oxygen atoms in total. The van der Waals surface area contributed by atoms with E-state index in [1.165, 1.54) is 0 Å². The summed E-state index contributed by atoms with van der Waals surface area (Å²) < 4.78 is 0. The van der Waals surface area contributed by atoms with Gasteiger partial charge in [0.05, 0.1) is 11.6 Å². The molecule has 0 N–H and O–H groups in total. The summed E-state index contributed by atoms with van der Waals surface area (Å²) in [6, 6.07) is 18.5. The third-order valence-corrected chi connectivity index (χ3v) is 5.14. The fraction of sp³-hybridized carbons (Fsp3) is 0.286. The van der Waals surface area contributed by atoms with Crippen molar-refractivity contribution >= 4 is 17.3 Å². The molecule has 0 spiro atoms. The van der Waals surface area contributed by atoms with Crippen molar-refractivity contribution < 1.29 is 4.79 Å². The molecule has 0 bridgehead atoms. The van der Waals surface area contributed by atoms with Gasteiger partial charge in [0.15, 0.2) is 0 Å². The normalized spacial score (nSPS) is 23.5. The first-order chi connectivity index (χ1) is 11.8. The number of fused-ring (bicyclic) bond motifs is 1. The Balaban J connectivity index is 1.70. The maximum atomic E-state index is 13.2. The maximum Gasteiger partial charge on any atom is 0.239 e. The lowest BCUT2D eigenvalue weighted by molar-refractivity contribution is -0.119. The molecule has 0 saturated heterocycles. The summed E-state index contributed by atoms with van der Waals surface area (Å²) >= 11 is 0. The lowest BCUT2D eigenvalue weighted by Gasteiger charge is -2.30. The predicted octanol–water partition coefficient (Wildman–Crippen LogP) is 4.10. The SMILES string of the molecule is CN1CCC=CC1CC1C(=O)N(c2ccccc2)c2ccccc21. The molecule has 1 amide bonds. The van der Waals surface area contributed by atoms with E-state index in [1.807, 2.05) is 47.4 Å². The van der Waals surface area contributed by atoms with Gasteiger partial charge in [0.25, 0.3) is 0 Å². The third-order valence-electron chi connectivity index (χ3n) is 5.14. The van der Waals surface area contributed by atoms with Crippen LogP contribution in [0.3, 0.4) is 0 Å². The molecular formula is C21H22N2O. The summed E-state index contributed by atoms with van der Waals surface area (Å²) in [5.41, 5.74) is 3.13. The van der Waals surface area contributed by atoms with Gasteiger partial charge in [-0.1, -0.05) is 48.6 Å². The maximum absolute atomic E-state index is 13.2. The fourth-order valence-corrected chi connectivity index (χ4v) is 3.81. The second-order valence-electron chi connectivity index (χ2n) is 6.62. The van der Waals surface area contributed by atoms with Gasteiger partial charge in [-0.15, -0.1) is 0 Å². The zero-order chi connectivity index (χ0) is 16.5. The summed E-state index contributed by atoms with van der Waals surface area (Å²) in [5, 5.41) is 0. The molecule has 2 aliphatic heterocycles. The quantitative estimate of drug-likeness (QED) is 0.796. The van der Waals surface area contributed by atoms with E-state index in [4.69, 9.17) is 0 Å². The average Bonchev–Trinajstić information content (AvgIpc) is 2.90. The molecule has 122 valence electrons. The van der Waals surface area contributed by atoms with Gasteiger partial charge in [-0.2, -0.15) is 0 Å². The van der Waals surface area contributed by atoms with E-state index in [0.717, 1.165) is 36.3 Å². The van der Waals surface area contributed by atoms with E-state index in [9.17, 15) is 4.79 Å². The monoisotopic (exact) mass is 318 g/mol. The van der Waals surface area contributed by atoms with E-state index in [2.05, 4.69) is 36.2 Å². The van der Waals surface area contributed by atoms with Gasteiger partial charge < -0.3 is 0 Å². The highest BCUT2D eigenvalue weighted by Gasteiger charge is 2.39. The molecule has 3 heteroatoms. The standard InChI is InChI=1S/C21H22N2O/c1-22-14-8-7-11-17(22)15-19-18-12-5-6-13-20(18)23(21(19)24)16-9-3-2-4-10-16/h2-7,9-13,17,19H,8,14-15H2,1H3. The largest absolute Gasteiger partial charge is 0.300 e. The van der Waals surface area contributed by atoms with Crippen LogP contribution >= 0.6 is 0 Å². The molecule has 24 heavy (non-hydrogen) atoms. The number of anilines is 2. The molecule has 0 saturated carbocycles. The number of nitrogens with zero attached hydrogens (tertiary/aromatic N) is 2. The minimum atomic E-state index is -0.0726. The van der Waals surface area contributed by atoms with E-state index >= 15 is 0 Å². The van der Waals surface area contributed by atoms with Gasteiger partial charge in [0, 0.05) is 18.3 Å². The van der Waals surface area contributed by atoms with Crippen LogP contribution in [0, 0.1) is 0 Å². The highest BCUT2D eigenvalue weighted by molar-refractivity contribution is 6.10. The number of benzene rings is 2. The summed E-state index contributed by atoms with van der Waals surface area (Å²) in [5.74, 6) is 0.117. The van der Waals surface area contributed by atoms with Crippen molar-refractivity contribution in [2.24, 2.45) is 0 Å². The number of hydrogen-bond acceptors (Lipinski definition) is 2. The zero-order valence-electron chi connectivity index (χ0n) is 13.9. The van der Waals surface area contributed by atoms with Crippen LogP contribution in [0.4, 0.5) is 11.4 Å². The molecule has 2 heterocycles. The van der Waals surface area contributed by atoms with Crippen LogP contribution in [-0.4, -0.2) is 30.4 Å². The van der Waals surface area contributed by atoms with Crippen molar-refractivity contribution in [1.29, 1.82) is 0 Å². The second kappa shape index (κ2) is 6.25. The molecule has 2 aromatic rings. The van der Waals surface area contributed by atoms with E-state index in [0.29, 0.717) is 6.04 Å². The number of carbonyl (C=O) groups is 1. The number of rotatable bonds is 3. The predicted molar refractivity (Wildman–Crippen MR) is 97.6 cm³/mol. The summed E-state index contributed by atoms with van der Waals surface area (Å²) in [6.45, 7) is 1.06. The van der Waals surface area contributed by atoms with E-state index < -0.39 is 0 Å². The molecule has 0 aromatic heterocycles. The van der Waals surface area contributed by atoms with Crippen molar-refractivity contribution in [2.75, 3.05) is 18.5 Å². The number of likely N-dealkylation sites (N-methyl/N-ethyl adjacent to an activating group) is 1. The molecule has 0 fully saturated rings. The fourth-order valence-electron chi connectivity index (χ4n) is 3.81. The van der Waals surface area contributed by atoms with E-state index in [1.54, 1.807) is 0 Å². The summed E-state index contributed by atoms with van der Waals surface area (Å²) in [7, 11) is 2.15. The highest BCUT2D eigenvalue weighted by atomic mass is 16.2. The Labute approximate surface area is 143 Å².